The molecule has 0 bridgehead atoms. The van der Waals surface area contributed by atoms with E-state index >= 15 is 0 Å². The molecule has 0 aliphatic rings. The van der Waals surface area contributed by atoms with Crippen molar-refractivity contribution < 1.29 is 18.7 Å². The molecular weight excluding hydrogens is 352 g/mol. The van der Waals surface area contributed by atoms with Crippen LogP contribution in [0.2, 0.25) is 0 Å². The maximum atomic E-state index is 12.3. The highest BCUT2D eigenvalue weighted by Gasteiger charge is 2.17. The van der Waals surface area contributed by atoms with E-state index < -0.39 is 5.63 Å². The van der Waals surface area contributed by atoms with Crippen LogP contribution >= 0.6 is 11.8 Å². The summed E-state index contributed by atoms with van der Waals surface area (Å²) in [7, 11) is 1.54. The average Bonchev–Trinajstić information content (AvgIpc) is 2.65. The van der Waals surface area contributed by atoms with Crippen LogP contribution in [0.15, 0.2) is 68.7 Å². The van der Waals surface area contributed by atoms with E-state index in [1.165, 1.54) is 24.9 Å². The highest BCUT2D eigenvalue weighted by molar-refractivity contribution is 8.00. The van der Waals surface area contributed by atoms with Crippen LogP contribution in [0.4, 0.5) is 0 Å². The second kappa shape index (κ2) is 8.10. The number of rotatable bonds is 6. The maximum absolute atomic E-state index is 12.3. The van der Waals surface area contributed by atoms with Gasteiger partial charge in [0.05, 0.1) is 7.11 Å². The molecular formula is C20H18O5S. The number of hydrogen-bond acceptors (Lipinski definition) is 6. The molecule has 5 nitrogen and oxygen atoms in total. The van der Waals surface area contributed by atoms with Gasteiger partial charge >= 0.3 is 11.6 Å². The van der Waals surface area contributed by atoms with Gasteiger partial charge in [0.2, 0.25) is 0 Å². The number of hydrogen-bond donors (Lipinski definition) is 0. The lowest BCUT2D eigenvalue weighted by molar-refractivity contribution is -0.143. The number of fused-ring (bicyclic) bond motifs is 1. The monoisotopic (exact) mass is 370 g/mol. The maximum Gasteiger partial charge on any atom is 0.336 e. The number of thioether (sulfide) groups is 1. The molecule has 0 aliphatic heterocycles. The van der Waals surface area contributed by atoms with Crippen molar-refractivity contribution >= 4 is 28.7 Å². The lowest BCUT2D eigenvalue weighted by Gasteiger charge is -2.12. The highest BCUT2D eigenvalue weighted by Crippen LogP contribution is 2.25. The summed E-state index contributed by atoms with van der Waals surface area (Å²) in [5.41, 5.74) is 0.502. The Balaban J connectivity index is 1.72. The third kappa shape index (κ3) is 4.26. The molecule has 0 N–H and O–H groups in total. The SMILES string of the molecule is COc1ccc2c(COC(=O)[C@H](C)Sc3ccccc3)cc(=O)oc2c1. The predicted octanol–water partition coefficient (Wildman–Crippen LogP) is 4.03. The van der Waals surface area contributed by atoms with E-state index in [1.807, 2.05) is 30.3 Å². The largest absolute Gasteiger partial charge is 0.497 e. The minimum atomic E-state index is -0.497. The summed E-state index contributed by atoms with van der Waals surface area (Å²) in [4.78, 5) is 25.0. The lowest BCUT2D eigenvalue weighted by atomic mass is 10.1. The first kappa shape index (κ1) is 18.1. The molecule has 0 saturated heterocycles. The van der Waals surface area contributed by atoms with Crippen molar-refractivity contribution in [2.75, 3.05) is 7.11 Å². The van der Waals surface area contributed by atoms with Crippen LogP contribution in [-0.2, 0) is 16.1 Å². The Labute approximate surface area is 154 Å². The Bertz CT molecular complexity index is 965. The van der Waals surface area contributed by atoms with Crippen LogP contribution in [0.3, 0.4) is 0 Å². The van der Waals surface area contributed by atoms with E-state index in [0.717, 1.165) is 4.90 Å². The molecule has 6 heteroatoms. The normalized spacial score (nSPS) is 11.9. The van der Waals surface area contributed by atoms with Crippen molar-refractivity contribution in [2.24, 2.45) is 0 Å². The molecule has 1 atom stereocenters. The average molecular weight is 370 g/mol. The lowest BCUT2D eigenvalue weighted by Crippen LogP contribution is -2.17. The minimum Gasteiger partial charge on any atom is -0.497 e. The first-order valence-electron chi connectivity index (χ1n) is 8.06. The Hall–Kier alpha value is -2.73. The van der Waals surface area contributed by atoms with Crippen LogP contribution in [0, 0.1) is 0 Å². The second-order valence-corrected chi connectivity index (χ2v) is 7.05. The Morgan fingerprint density at radius 2 is 1.92 bits per heavy atom. The Morgan fingerprint density at radius 3 is 2.65 bits per heavy atom. The molecule has 0 amide bonds. The van der Waals surface area contributed by atoms with Crippen molar-refractivity contribution in [1.82, 2.24) is 0 Å². The second-order valence-electron chi connectivity index (χ2n) is 5.63. The summed E-state index contributed by atoms with van der Waals surface area (Å²) < 4.78 is 15.7. The molecule has 134 valence electrons. The number of methoxy groups -OCH3 is 1. The molecule has 0 spiro atoms. The number of carbonyl (C=O) groups is 1. The van der Waals surface area contributed by atoms with Crippen LogP contribution < -0.4 is 10.4 Å². The van der Waals surface area contributed by atoms with E-state index in [2.05, 4.69) is 0 Å². The van der Waals surface area contributed by atoms with Gasteiger partial charge < -0.3 is 13.9 Å². The van der Waals surface area contributed by atoms with Gasteiger partial charge in [0.1, 0.15) is 23.2 Å². The molecule has 0 saturated carbocycles. The number of benzene rings is 2. The van der Waals surface area contributed by atoms with Gasteiger partial charge in [0.15, 0.2) is 0 Å². The molecule has 1 aromatic heterocycles. The molecule has 2 aromatic carbocycles. The summed E-state index contributed by atoms with van der Waals surface area (Å²) in [6.45, 7) is 1.80. The number of ether oxygens (including phenoxy) is 2. The summed E-state index contributed by atoms with van der Waals surface area (Å²) in [6.07, 6.45) is 0. The van der Waals surface area contributed by atoms with Gasteiger partial charge in [-0.2, -0.15) is 0 Å². The van der Waals surface area contributed by atoms with Gasteiger partial charge in [-0.3, -0.25) is 4.79 Å². The van der Waals surface area contributed by atoms with Crippen LogP contribution in [0.5, 0.6) is 5.75 Å². The molecule has 0 aliphatic carbocycles. The predicted molar refractivity (Wildman–Crippen MR) is 101 cm³/mol. The number of carbonyl (C=O) groups excluding carboxylic acids is 1. The third-order valence-electron chi connectivity index (χ3n) is 3.80. The third-order valence-corrected chi connectivity index (χ3v) is 4.89. The van der Waals surface area contributed by atoms with E-state index in [1.54, 1.807) is 25.1 Å². The van der Waals surface area contributed by atoms with E-state index in [9.17, 15) is 9.59 Å². The van der Waals surface area contributed by atoms with Crippen molar-refractivity contribution in [3.63, 3.8) is 0 Å². The zero-order valence-corrected chi connectivity index (χ0v) is 15.2. The highest BCUT2D eigenvalue weighted by atomic mass is 32.2. The van der Waals surface area contributed by atoms with Gasteiger partial charge in [-0.1, -0.05) is 18.2 Å². The molecule has 26 heavy (non-hydrogen) atoms. The smallest absolute Gasteiger partial charge is 0.336 e. The van der Waals surface area contributed by atoms with Gasteiger partial charge in [0.25, 0.3) is 0 Å². The van der Waals surface area contributed by atoms with E-state index in [-0.39, 0.29) is 17.8 Å². The van der Waals surface area contributed by atoms with Crippen molar-refractivity contribution in [3.8, 4) is 5.75 Å². The number of esters is 1. The summed E-state index contributed by atoms with van der Waals surface area (Å²) in [6, 6.07) is 16.2. The summed E-state index contributed by atoms with van der Waals surface area (Å²) in [5, 5.41) is 0.352. The van der Waals surface area contributed by atoms with Gasteiger partial charge in [0, 0.05) is 28.0 Å². The minimum absolute atomic E-state index is 0.00690. The van der Waals surface area contributed by atoms with Crippen molar-refractivity contribution in [3.05, 3.63) is 70.6 Å². The molecule has 0 unspecified atom stereocenters. The zero-order valence-electron chi connectivity index (χ0n) is 14.4. The van der Waals surface area contributed by atoms with E-state index in [4.69, 9.17) is 13.9 Å². The van der Waals surface area contributed by atoms with Crippen molar-refractivity contribution in [1.29, 1.82) is 0 Å². The molecule has 0 fully saturated rings. The van der Waals surface area contributed by atoms with Crippen LogP contribution in [0.25, 0.3) is 11.0 Å². The topological polar surface area (TPSA) is 65.7 Å². The molecule has 3 aromatic rings. The van der Waals surface area contributed by atoms with E-state index in [0.29, 0.717) is 22.3 Å². The zero-order chi connectivity index (χ0) is 18.5. The standard InChI is InChI=1S/C20H18O5S/c1-13(26-16-6-4-3-5-7-16)20(22)24-12-14-10-19(21)25-18-11-15(23-2)8-9-17(14)18/h3-11,13H,12H2,1-2H3/t13-/m0/s1. The first-order chi connectivity index (χ1) is 12.6. The van der Waals surface area contributed by atoms with Crippen LogP contribution in [-0.4, -0.2) is 18.3 Å². The molecule has 3 rings (SSSR count). The fourth-order valence-corrected chi connectivity index (χ4v) is 3.36. The Kier molecular flexibility index (Phi) is 5.63. The fraction of sp³-hybridized carbons (Fsp3) is 0.200. The van der Waals surface area contributed by atoms with Gasteiger partial charge in [-0.15, -0.1) is 11.8 Å². The summed E-state index contributed by atoms with van der Waals surface area (Å²) in [5.74, 6) is 0.247. The van der Waals surface area contributed by atoms with Gasteiger partial charge in [-0.05, 0) is 31.2 Å². The first-order valence-corrected chi connectivity index (χ1v) is 8.94. The summed E-state index contributed by atoms with van der Waals surface area (Å²) >= 11 is 1.43. The quantitative estimate of drug-likeness (QED) is 0.371. The van der Waals surface area contributed by atoms with Gasteiger partial charge in [-0.25, -0.2) is 4.79 Å². The van der Waals surface area contributed by atoms with Crippen LogP contribution in [0.1, 0.15) is 12.5 Å². The molecule has 1 heterocycles. The van der Waals surface area contributed by atoms with Crippen molar-refractivity contribution in [2.45, 2.75) is 23.7 Å². The molecule has 0 radical (unpaired) electrons. The fourth-order valence-electron chi connectivity index (χ4n) is 2.47. The Morgan fingerprint density at radius 1 is 1.15 bits per heavy atom.